The molecule has 1 unspecified atom stereocenters. The monoisotopic (exact) mass is 548 g/mol. The van der Waals surface area contributed by atoms with Crippen molar-refractivity contribution in [3.05, 3.63) is 70.5 Å². The molecule has 0 radical (unpaired) electrons. The molecule has 0 spiro atoms. The van der Waals surface area contributed by atoms with Crippen molar-refractivity contribution in [3.63, 3.8) is 0 Å². The average molecular weight is 549 g/mol. The van der Waals surface area contributed by atoms with Gasteiger partial charge in [-0.15, -0.1) is 0 Å². The van der Waals surface area contributed by atoms with Gasteiger partial charge in [-0.25, -0.2) is 9.48 Å². The molecule has 0 aliphatic heterocycles. The molecule has 0 N–H and O–H groups in total. The number of fused-ring (bicyclic) bond motifs is 1. The first-order valence-corrected chi connectivity index (χ1v) is 14.8. The Morgan fingerprint density at radius 2 is 1.67 bits per heavy atom. The lowest BCUT2D eigenvalue weighted by Crippen LogP contribution is -2.30. The zero-order chi connectivity index (χ0) is 26.8. The van der Waals surface area contributed by atoms with E-state index in [9.17, 15) is 4.79 Å². The summed E-state index contributed by atoms with van der Waals surface area (Å²) in [6.45, 7) is 0.600. The minimum Gasteiger partial charge on any atom is -0.493 e. The predicted octanol–water partition coefficient (Wildman–Crippen LogP) is 7.23. The van der Waals surface area contributed by atoms with Gasteiger partial charge in [-0.05, 0) is 98.5 Å². The summed E-state index contributed by atoms with van der Waals surface area (Å²) in [7, 11) is 1.40. The van der Waals surface area contributed by atoms with Gasteiger partial charge >= 0.3 is 5.97 Å². The maximum absolute atomic E-state index is 12.1. The molecule has 0 bridgehead atoms. The SMILES string of the molecule is COC(=O)C1(Oc2ccc(OCC(c3c4c(nn3-c3ccc(Cl)cc3)CCCC4)C3CCCCC3)cc2)CC1. The van der Waals surface area contributed by atoms with Crippen LogP contribution in [0.1, 0.15) is 80.7 Å². The highest BCUT2D eigenvalue weighted by Gasteiger charge is 2.54. The number of ether oxygens (including phenoxy) is 3. The Morgan fingerprint density at radius 3 is 2.36 bits per heavy atom. The third-order valence-corrected chi connectivity index (χ3v) is 8.92. The number of benzene rings is 2. The maximum atomic E-state index is 12.1. The van der Waals surface area contributed by atoms with E-state index in [2.05, 4.69) is 16.8 Å². The summed E-state index contributed by atoms with van der Waals surface area (Å²) in [6, 6.07) is 15.7. The van der Waals surface area contributed by atoms with Gasteiger partial charge in [-0.2, -0.15) is 5.10 Å². The number of carbonyl (C=O) groups is 1. The fourth-order valence-electron chi connectivity index (χ4n) is 6.38. The van der Waals surface area contributed by atoms with Gasteiger partial charge in [0.1, 0.15) is 11.5 Å². The van der Waals surface area contributed by atoms with Crippen molar-refractivity contribution in [2.24, 2.45) is 5.92 Å². The largest absolute Gasteiger partial charge is 0.493 e. The van der Waals surface area contributed by atoms with Crippen LogP contribution in [0.25, 0.3) is 5.69 Å². The number of rotatable bonds is 9. The Morgan fingerprint density at radius 1 is 0.974 bits per heavy atom. The number of halogens is 1. The number of carbonyl (C=O) groups excluding carboxylic acids is 1. The van der Waals surface area contributed by atoms with Crippen molar-refractivity contribution in [1.29, 1.82) is 0 Å². The Kier molecular flexibility index (Phi) is 7.57. The average Bonchev–Trinajstić information content (AvgIpc) is 3.67. The number of aryl methyl sites for hydroxylation is 1. The van der Waals surface area contributed by atoms with E-state index in [0.717, 1.165) is 29.3 Å². The fourth-order valence-corrected chi connectivity index (χ4v) is 6.50. The summed E-state index contributed by atoms with van der Waals surface area (Å²) in [5, 5.41) is 5.89. The van der Waals surface area contributed by atoms with Gasteiger partial charge in [0.2, 0.25) is 5.60 Å². The van der Waals surface area contributed by atoms with E-state index in [1.54, 1.807) is 0 Å². The van der Waals surface area contributed by atoms with Crippen LogP contribution in [0, 0.1) is 5.92 Å². The lowest BCUT2D eigenvalue weighted by Gasteiger charge is -2.32. The number of nitrogens with zero attached hydrogens (tertiary/aromatic N) is 2. The molecule has 1 heterocycles. The van der Waals surface area contributed by atoms with Crippen LogP contribution in [-0.2, 0) is 22.4 Å². The first kappa shape index (κ1) is 26.2. The van der Waals surface area contributed by atoms with E-state index in [4.69, 9.17) is 30.9 Å². The smallest absolute Gasteiger partial charge is 0.350 e. The van der Waals surface area contributed by atoms with Gasteiger partial charge in [0.15, 0.2) is 0 Å². The fraction of sp³-hybridized carbons (Fsp3) is 0.500. The highest BCUT2D eigenvalue weighted by Crippen LogP contribution is 2.43. The van der Waals surface area contributed by atoms with Crippen molar-refractivity contribution in [2.45, 2.75) is 82.1 Å². The van der Waals surface area contributed by atoms with Crippen molar-refractivity contribution in [3.8, 4) is 17.2 Å². The second kappa shape index (κ2) is 11.2. The molecule has 3 aliphatic rings. The Labute approximate surface area is 235 Å². The minimum atomic E-state index is -0.817. The molecule has 0 amide bonds. The van der Waals surface area contributed by atoms with E-state index in [1.165, 1.54) is 69.0 Å². The quantitative estimate of drug-likeness (QED) is 0.264. The van der Waals surface area contributed by atoms with Crippen LogP contribution in [0.5, 0.6) is 11.5 Å². The van der Waals surface area contributed by atoms with Crippen molar-refractivity contribution in [1.82, 2.24) is 9.78 Å². The third kappa shape index (κ3) is 5.54. The summed E-state index contributed by atoms with van der Waals surface area (Å²) in [5.74, 6) is 1.96. The van der Waals surface area contributed by atoms with Gasteiger partial charge in [0.25, 0.3) is 0 Å². The number of methoxy groups -OCH3 is 1. The molecule has 1 atom stereocenters. The first-order valence-electron chi connectivity index (χ1n) is 14.4. The first-order chi connectivity index (χ1) is 19.1. The van der Waals surface area contributed by atoms with Gasteiger partial charge in [-0.3, -0.25) is 0 Å². The predicted molar refractivity (Wildman–Crippen MR) is 151 cm³/mol. The van der Waals surface area contributed by atoms with Crippen LogP contribution in [-0.4, -0.2) is 35.1 Å². The zero-order valence-corrected chi connectivity index (χ0v) is 23.4. The maximum Gasteiger partial charge on any atom is 0.350 e. The second-order valence-corrected chi connectivity index (χ2v) is 11.7. The van der Waals surface area contributed by atoms with Crippen molar-refractivity contribution >= 4 is 17.6 Å². The summed E-state index contributed by atoms with van der Waals surface area (Å²) >= 11 is 6.23. The van der Waals surface area contributed by atoms with E-state index in [0.29, 0.717) is 31.1 Å². The molecule has 2 fully saturated rings. The zero-order valence-electron chi connectivity index (χ0n) is 22.7. The number of hydrogen-bond donors (Lipinski definition) is 0. The number of aromatic nitrogens is 2. The molecule has 3 aliphatic carbocycles. The molecule has 206 valence electrons. The summed E-state index contributed by atoms with van der Waals surface area (Å²) < 4.78 is 19.6. The molecular weight excluding hydrogens is 512 g/mol. The van der Waals surface area contributed by atoms with Crippen LogP contribution >= 0.6 is 11.6 Å². The Bertz CT molecular complexity index is 1290. The van der Waals surface area contributed by atoms with Crippen LogP contribution in [0.15, 0.2) is 48.5 Å². The van der Waals surface area contributed by atoms with Crippen molar-refractivity contribution < 1.29 is 19.0 Å². The van der Waals surface area contributed by atoms with Crippen LogP contribution in [0.3, 0.4) is 0 Å². The second-order valence-electron chi connectivity index (χ2n) is 11.3. The molecular formula is C32H37ClN2O4. The highest BCUT2D eigenvalue weighted by atomic mass is 35.5. The lowest BCUT2D eigenvalue weighted by atomic mass is 9.77. The van der Waals surface area contributed by atoms with Crippen LogP contribution < -0.4 is 9.47 Å². The summed E-state index contributed by atoms with van der Waals surface area (Å²) in [4.78, 5) is 12.1. The lowest BCUT2D eigenvalue weighted by molar-refractivity contribution is -0.151. The van der Waals surface area contributed by atoms with Crippen LogP contribution in [0.2, 0.25) is 5.02 Å². The number of esters is 1. The van der Waals surface area contributed by atoms with E-state index >= 15 is 0 Å². The van der Waals surface area contributed by atoms with E-state index in [-0.39, 0.29) is 11.9 Å². The van der Waals surface area contributed by atoms with Gasteiger partial charge in [-0.1, -0.05) is 30.9 Å². The van der Waals surface area contributed by atoms with E-state index < -0.39 is 5.60 Å². The number of hydrogen-bond acceptors (Lipinski definition) is 5. The molecule has 6 rings (SSSR count). The summed E-state index contributed by atoms with van der Waals surface area (Å²) in [6.07, 6.45) is 12.2. The Balaban J connectivity index is 1.27. The van der Waals surface area contributed by atoms with Crippen molar-refractivity contribution in [2.75, 3.05) is 13.7 Å². The molecule has 0 saturated heterocycles. The standard InChI is InChI=1S/C32H37ClN2O4/c1-37-31(36)32(19-20-32)39-26-17-15-25(16-18-26)38-21-28(22-7-3-2-4-8-22)30-27-9-5-6-10-29(27)34-35(30)24-13-11-23(33)12-14-24/h11-18,22,28H,2-10,19-21H2,1H3. The van der Waals surface area contributed by atoms with E-state index in [1.807, 2.05) is 36.4 Å². The van der Waals surface area contributed by atoms with Gasteiger partial charge in [0.05, 0.1) is 30.8 Å². The summed E-state index contributed by atoms with van der Waals surface area (Å²) in [5.41, 5.74) is 4.24. The molecule has 3 aromatic rings. The van der Waals surface area contributed by atoms with Crippen LogP contribution in [0.4, 0.5) is 0 Å². The Hall–Kier alpha value is -2.99. The normalized spacial score (nSPS) is 19.1. The third-order valence-electron chi connectivity index (χ3n) is 8.67. The minimum absolute atomic E-state index is 0.250. The highest BCUT2D eigenvalue weighted by molar-refractivity contribution is 6.30. The molecule has 2 saturated carbocycles. The molecule has 2 aromatic carbocycles. The van der Waals surface area contributed by atoms with Gasteiger partial charge < -0.3 is 14.2 Å². The molecule has 39 heavy (non-hydrogen) atoms. The molecule has 7 heteroatoms. The van der Waals surface area contributed by atoms with Gasteiger partial charge in [0, 0.05) is 23.8 Å². The molecule has 6 nitrogen and oxygen atoms in total. The topological polar surface area (TPSA) is 62.6 Å². The molecule has 1 aromatic heterocycles.